The number of aliphatic hydroxyl groups is 1. The number of nitrogens with two attached hydrogens (primary N) is 1. The van der Waals surface area contributed by atoms with Crippen molar-refractivity contribution in [2.75, 3.05) is 31.7 Å². The van der Waals surface area contributed by atoms with Gasteiger partial charge in [-0.2, -0.15) is 4.98 Å². The van der Waals surface area contributed by atoms with E-state index in [1.54, 1.807) is 6.07 Å². The number of hydrogen-bond donors (Lipinski definition) is 5. The largest absolute Gasteiger partial charge is 0.492 e. The number of halogens is 3. The first-order valence-electron chi connectivity index (χ1n) is 11.3. The van der Waals surface area contributed by atoms with Crippen LogP contribution in [0.3, 0.4) is 0 Å². The Morgan fingerprint density at radius 1 is 1.22 bits per heavy atom. The number of H-pyrrole nitrogens is 1. The number of fused-ring (bicyclic) bond motifs is 2. The summed E-state index contributed by atoms with van der Waals surface area (Å²) in [6.07, 6.45) is -2.02. The molecular formula is C22H23ClF2N6O6. The molecule has 5 rings (SSSR count). The number of aromatic nitrogens is 3. The molecule has 1 aromatic carbocycles. The van der Waals surface area contributed by atoms with E-state index in [1.807, 2.05) is 0 Å². The minimum absolute atomic E-state index is 0.0156. The van der Waals surface area contributed by atoms with Gasteiger partial charge in [-0.15, -0.1) is 0 Å². The van der Waals surface area contributed by atoms with Crippen LogP contribution in [0.15, 0.2) is 18.2 Å². The van der Waals surface area contributed by atoms with Gasteiger partial charge in [-0.05, 0) is 6.07 Å². The third-order valence-electron chi connectivity index (χ3n) is 5.87. The van der Waals surface area contributed by atoms with Gasteiger partial charge in [0, 0.05) is 24.2 Å². The molecule has 2 amide bonds. The predicted molar refractivity (Wildman–Crippen MR) is 126 cm³/mol. The van der Waals surface area contributed by atoms with E-state index in [-0.39, 0.29) is 66.7 Å². The lowest BCUT2D eigenvalue weighted by atomic mass is 10.1. The highest BCUT2D eigenvalue weighted by atomic mass is 35.5. The van der Waals surface area contributed by atoms with Gasteiger partial charge >= 0.3 is 6.03 Å². The van der Waals surface area contributed by atoms with Crippen LogP contribution >= 0.6 is 11.6 Å². The second-order valence-electron chi connectivity index (χ2n) is 8.41. The number of carbonyl (C=O) groups excluding carboxylic acids is 1. The molecular weight excluding hydrogens is 518 g/mol. The number of nitrogens with one attached hydrogen (secondary N) is 3. The Morgan fingerprint density at radius 3 is 2.73 bits per heavy atom. The Morgan fingerprint density at radius 2 is 1.97 bits per heavy atom. The Bertz CT molecular complexity index is 1290. The molecule has 198 valence electrons. The van der Waals surface area contributed by atoms with E-state index in [1.165, 1.54) is 0 Å². The lowest BCUT2D eigenvalue weighted by molar-refractivity contribution is 0.00706. The van der Waals surface area contributed by atoms with Crippen LogP contribution in [0, 0.1) is 11.6 Å². The van der Waals surface area contributed by atoms with E-state index < -0.39 is 42.1 Å². The normalized spacial score (nSPS) is 22.7. The Hall–Kier alpha value is -3.46. The third-order valence-corrected chi connectivity index (χ3v) is 6.16. The summed E-state index contributed by atoms with van der Waals surface area (Å²) < 4.78 is 51.3. The molecule has 4 atom stereocenters. The fourth-order valence-corrected chi connectivity index (χ4v) is 4.33. The Labute approximate surface area is 213 Å². The van der Waals surface area contributed by atoms with Crippen molar-refractivity contribution in [3.63, 3.8) is 0 Å². The monoisotopic (exact) mass is 540 g/mol. The van der Waals surface area contributed by atoms with Gasteiger partial charge in [-0.25, -0.2) is 18.6 Å². The number of primary amides is 1. The second kappa shape index (κ2) is 10.5. The summed E-state index contributed by atoms with van der Waals surface area (Å²) in [7, 11) is 0. The zero-order valence-corrected chi connectivity index (χ0v) is 19.9. The lowest BCUT2D eigenvalue weighted by Gasteiger charge is -2.15. The SMILES string of the molecule is NC(=O)NCCOc1cc(F)c(CNc2nc3nc(O[C@@H]4CO[C@H]5[C@@H]4OC[C@H]5O)[nH]c3cc2Cl)c(F)c1. The van der Waals surface area contributed by atoms with Crippen molar-refractivity contribution < 1.29 is 37.6 Å². The van der Waals surface area contributed by atoms with Crippen LogP contribution in [0.2, 0.25) is 5.02 Å². The van der Waals surface area contributed by atoms with Crippen LogP contribution in [0.4, 0.5) is 19.4 Å². The molecule has 2 fully saturated rings. The summed E-state index contributed by atoms with van der Waals surface area (Å²) in [5.41, 5.74) is 5.44. The molecule has 0 spiro atoms. The molecule has 2 aliphatic rings. The summed E-state index contributed by atoms with van der Waals surface area (Å²) >= 11 is 6.31. The van der Waals surface area contributed by atoms with E-state index in [9.17, 15) is 18.7 Å². The number of benzene rings is 1. The molecule has 3 aromatic rings. The highest BCUT2D eigenvalue weighted by Gasteiger charge is 2.48. The third kappa shape index (κ3) is 5.46. The first-order valence-corrected chi connectivity index (χ1v) is 11.7. The van der Waals surface area contributed by atoms with Gasteiger partial charge in [0.2, 0.25) is 0 Å². The number of ether oxygens (including phenoxy) is 4. The van der Waals surface area contributed by atoms with Crippen molar-refractivity contribution in [3.05, 3.63) is 40.4 Å². The number of aliphatic hydroxyl groups excluding tert-OH is 1. The molecule has 0 aliphatic carbocycles. The second-order valence-corrected chi connectivity index (χ2v) is 8.82. The van der Waals surface area contributed by atoms with Crippen molar-refractivity contribution >= 4 is 34.6 Å². The smallest absolute Gasteiger partial charge is 0.312 e. The van der Waals surface area contributed by atoms with Gasteiger partial charge in [0.15, 0.2) is 11.8 Å². The van der Waals surface area contributed by atoms with Crippen molar-refractivity contribution in [1.82, 2.24) is 20.3 Å². The maximum Gasteiger partial charge on any atom is 0.312 e. The first-order chi connectivity index (χ1) is 17.8. The molecule has 6 N–H and O–H groups in total. The molecule has 0 radical (unpaired) electrons. The summed E-state index contributed by atoms with van der Waals surface area (Å²) in [4.78, 5) is 22.2. The molecule has 2 aromatic heterocycles. The van der Waals surface area contributed by atoms with Gasteiger partial charge in [-0.3, -0.25) is 0 Å². The van der Waals surface area contributed by atoms with Crippen molar-refractivity contribution in [3.8, 4) is 11.8 Å². The highest BCUT2D eigenvalue weighted by molar-refractivity contribution is 6.33. The number of imidazole rings is 1. The van der Waals surface area contributed by atoms with Crippen molar-refractivity contribution in [2.45, 2.75) is 31.0 Å². The predicted octanol–water partition coefficient (Wildman–Crippen LogP) is 1.45. The molecule has 0 saturated carbocycles. The summed E-state index contributed by atoms with van der Waals surface area (Å²) in [6.45, 7) is 0.219. The van der Waals surface area contributed by atoms with E-state index >= 15 is 0 Å². The standard InChI is InChI=1S/C22H23ClF2N6O6/c23-11-5-14-20(31-22(29-14)37-16-8-36-17-15(32)7-35-18(16)17)30-19(11)28-6-10-12(24)3-9(4-13(10)25)34-2-1-27-21(26)33/h3-5,15-18,32H,1-2,6-8H2,(H3,26,27,33)(H2,28,29,30,31)/t15-,16-,17-,18-/m1/s1. The molecule has 37 heavy (non-hydrogen) atoms. The van der Waals surface area contributed by atoms with Crippen LogP contribution in [-0.2, 0) is 16.0 Å². The summed E-state index contributed by atoms with van der Waals surface area (Å²) in [5.74, 6) is -1.55. The van der Waals surface area contributed by atoms with Gasteiger partial charge in [0.1, 0.15) is 48.1 Å². The number of aromatic amines is 1. The van der Waals surface area contributed by atoms with Crippen LogP contribution in [-0.4, -0.2) is 76.9 Å². The summed E-state index contributed by atoms with van der Waals surface area (Å²) in [6, 6.07) is 3.05. The lowest BCUT2D eigenvalue weighted by Crippen LogP contribution is -2.34. The highest BCUT2D eigenvalue weighted by Crippen LogP contribution is 2.31. The van der Waals surface area contributed by atoms with Crippen LogP contribution in [0.5, 0.6) is 11.8 Å². The van der Waals surface area contributed by atoms with Gasteiger partial charge in [0.05, 0.1) is 30.3 Å². The number of nitrogens with zero attached hydrogens (tertiary/aromatic N) is 2. The first kappa shape index (κ1) is 25.2. The molecule has 12 nitrogen and oxygen atoms in total. The number of rotatable bonds is 9. The van der Waals surface area contributed by atoms with E-state index in [0.29, 0.717) is 5.52 Å². The molecule has 4 heterocycles. The number of urea groups is 1. The number of amides is 2. The Balaban J connectivity index is 1.23. The van der Waals surface area contributed by atoms with Crippen LogP contribution < -0.4 is 25.8 Å². The number of anilines is 1. The number of pyridine rings is 1. The quantitative estimate of drug-likeness (QED) is 0.252. The minimum atomic E-state index is -0.839. The van der Waals surface area contributed by atoms with E-state index in [2.05, 4.69) is 25.6 Å². The zero-order valence-electron chi connectivity index (χ0n) is 19.2. The molecule has 2 saturated heterocycles. The number of hydrogen-bond acceptors (Lipinski definition) is 9. The van der Waals surface area contributed by atoms with Crippen LogP contribution in [0.1, 0.15) is 5.56 Å². The average Bonchev–Trinajstić information content (AvgIpc) is 3.53. The van der Waals surface area contributed by atoms with Crippen molar-refractivity contribution in [1.29, 1.82) is 0 Å². The Kier molecular flexibility index (Phi) is 7.15. The maximum atomic E-state index is 14.5. The van der Waals surface area contributed by atoms with E-state index in [4.69, 9.17) is 36.3 Å². The van der Waals surface area contributed by atoms with Gasteiger partial charge < -0.3 is 45.4 Å². The van der Waals surface area contributed by atoms with Gasteiger partial charge in [-0.1, -0.05) is 11.6 Å². The fraction of sp³-hybridized carbons (Fsp3) is 0.409. The molecule has 2 aliphatic heterocycles. The molecule has 0 bridgehead atoms. The van der Waals surface area contributed by atoms with Crippen LogP contribution in [0.25, 0.3) is 11.2 Å². The number of carbonyl (C=O) groups is 1. The summed E-state index contributed by atoms with van der Waals surface area (Å²) in [5, 5.41) is 15.2. The van der Waals surface area contributed by atoms with Gasteiger partial charge in [0.25, 0.3) is 6.01 Å². The topological polar surface area (TPSA) is 166 Å². The minimum Gasteiger partial charge on any atom is -0.492 e. The fourth-order valence-electron chi connectivity index (χ4n) is 4.11. The zero-order chi connectivity index (χ0) is 26.1. The maximum absolute atomic E-state index is 14.5. The van der Waals surface area contributed by atoms with E-state index in [0.717, 1.165) is 12.1 Å². The molecule has 0 unspecified atom stereocenters. The van der Waals surface area contributed by atoms with Crippen molar-refractivity contribution in [2.24, 2.45) is 5.73 Å². The molecule has 15 heteroatoms. The average molecular weight is 541 g/mol.